The zero-order valence-corrected chi connectivity index (χ0v) is 13.8. The SMILES string of the molecule is CCN(CC1CC(c2ccccc2)=NO1)C(=O)NC(C)(C)C. The molecule has 2 amide bonds. The van der Waals surface area contributed by atoms with Gasteiger partial charge in [-0.2, -0.15) is 0 Å². The summed E-state index contributed by atoms with van der Waals surface area (Å²) in [6.07, 6.45) is 0.643. The molecule has 1 unspecified atom stereocenters. The Morgan fingerprint density at radius 1 is 1.36 bits per heavy atom. The van der Waals surface area contributed by atoms with Crippen LogP contribution in [0.4, 0.5) is 4.79 Å². The van der Waals surface area contributed by atoms with Crippen molar-refractivity contribution >= 4 is 11.7 Å². The highest BCUT2D eigenvalue weighted by Crippen LogP contribution is 2.17. The quantitative estimate of drug-likeness (QED) is 0.929. The Balaban J connectivity index is 1.90. The van der Waals surface area contributed by atoms with Crippen molar-refractivity contribution < 1.29 is 9.63 Å². The first-order valence-corrected chi connectivity index (χ1v) is 7.74. The van der Waals surface area contributed by atoms with E-state index >= 15 is 0 Å². The van der Waals surface area contributed by atoms with Crippen LogP contribution >= 0.6 is 0 Å². The first kappa shape index (κ1) is 16.3. The van der Waals surface area contributed by atoms with Crippen LogP contribution in [0, 0.1) is 0 Å². The van der Waals surface area contributed by atoms with Gasteiger partial charge in [0.2, 0.25) is 0 Å². The van der Waals surface area contributed by atoms with Crippen LogP contribution in [0.1, 0.15) is 39.7 Å². The van der Waals surface area contributed by atoms with Gasteiger partial charge in [-0.25, -0.2) is 4.79 Å². The Morgan fingerprint density at radius 3 is 2.64 bits per heavy atom. The lowest BCUT2D eigenvalue weighted by Gasteiger charge is -2.28. The van der Waals surface area contributed by atoms with Crippen LogP contribution in [0.15, 0.2) is 35.5 Å². The molecule has 0 radical (unpaired) electrons. The molecule has 1 heterocycles. The van der Waals surface area contributed by atoms with Crippen molar-refractivity contribution in [2.75, 3.05) is 13.1 Å². The number of benzene rings is 1. The van der Waals surface area contributed by atoms with Crippen molar-refractivity contribution in [2.45, 2.75) is 45.8 Å². The van der Waals surface area contributed by atoms with Gasteiger partial charge in [-0.15, -0.1) is 0 Å². The summed E-state index contributed by atoms with van der Waals surface area (Å²) in [5, 5.41) is 7.15. The number of nitrogens with one attached hydrogen (secondary N) is 1. The van der Waals surface area contributed by atoms with Crippen molar-refractivity contribution in [2.24, 2.45) is 5.16 Å². The van der Waals surface area contributed by atoms with Crippen molar-refractivity contribution in [3.8, 4) is 0 Å². The monoisotopic (exact) mass is 303 g/mol. The van der Waals surface area contributed by atoms with Crippen molar-refractivity contribution in [3.05, 3.63) is 35.9 Å². The summed E-state index contributed by atoms with van der Waals surface area (Å²) in [5.41, 5.74) is 1.78. The molecule has 22 heavy (non-hydrogen) atoms. The second-order valence-electron chi connectivity index (χ2n) is 6.55. The van der Waals surface area contributed by atoms with Gasteiger partial charge in [-0.1, -0.05) is 35.5 Å². The number of amides is 2. The second kappa shape index (κ2) is 6.81. The zero-order valence-electron chi connectivity index (χ0n) is 13.8. The second-order valence-corrected chi connectivity index (χ2v) is 6.55. The summed E-state index contributed by atoms with van der Waals surface area (Å²) in [7, 11) is 0. The number of carbonyl (C=O) groups excluding carboxylic acids is 1. The molecule has 0 bridgehead atoms. The lowest BCUT2D eigenvalue weighted by molar-refractivity contribution is 0.0608. The molecule has 1 N–H and O–H groups in total. The van der Waals surface area contributed by atoms with Crippen LogP contribution in [0.5, 0.6) is 0 Å². The molecule has 0 aromatic heterocycles. The number of likely N-dealkylation sites (N-methyl/N-ethyl adjacent to an activating group) is 1. The third-order valence-corrected chi connectivity index (χ3v) is 3.41. The van der Waals surface area contributed by atoms with Gasteiger partial charge in [0.05, 0.1) is 12.3 Å². The summed E-state index contributed by atoms with van der Waals surface area (Å²) < 4.78 is 0. The fraction of sp³-hybridized carbons (Fsp3) is 0.529. The predicted octanol–water partition coefficient (Wildman–Crippen LogP) is 3.01. The summed E-state index contributed by atoms with van der Waals surface area (Å²) in [4.78, 5) is 19.5. The van der Waals surface area contributed by atoms with Crippen LogP contribution < -0.4 is 5.32 Å². The topological polar surface area (TPSA) is 53.9 Å². The van der Waals surface area contributed by atoms with E-state index in [1.807, 2.05) is 58.0 Å². The number of rotatable bonds is 4. The summed E-state index contributed by atoms with van der Waals surface area (Å²) in [6.45, 7) is 9.07. The van der Waals surface area contributed by atoms with E-state index in [1.54, 1.807) is 4.90 Å². The van der Waals surface area contributed by atoms with E-state index in [-0.39, 0.29) is 17.7 Å². The van der Waals surface area contributed by atoms with E-state index in [9.17, 15) is 4.79 Å². The highest BCUT2D eigenvalue weighted by Gasteiger charge is 2.27. The molecule has 0 spiro atoms. The number of nitrogens with zero attached hydrogens (tertiary/aromatic N) is 2. The Hall–Kier alpha value is -2.04. The maximum absolute atomic E-state index is 12.3. The number of urea groups is 1. The normalized spacial score (nSPS) is 17.6. The average molecular weight is 303 g/mol. The summed E-state index contributed by atoms with van der Waals surface area (Å²) in [5.74, 6) is 0. The van der Waals surface area contributed by atoms with Gasteiger partial charge in [0.1, 0.15) is 0 Å². The van der Waals surface area contributed by atoms with E-state index in [4.69, 9.17) is 4.84 Å². The third-order valence-electron chi connectivity index (χ3n) is 3.41. The van der Waals surface area contributed by atoms with E-state index in [1.165, 1.54) is 0 Å². The van der Waals surface area contributed by atoms with Gasteiger partial charge in [-0.05, 0) is 33.3 Å². The van der Waals surface area contributed by atoms with Crippen LogP contribution in [-0.4, -0.2) is 41.4 Å². The number of carbonyl (C=O) groups is 1. The molecule has 5 heteroatoms. The van der Waals surface area contributed by atoms with Gasteiger partial charge in [0.15, 0.2) is 6.10 Å². The minimum absolute atomic E-state index is 0.0632. The van der Waals surface area contributed by atoms with E-state index in [0.29, 0.717) is 13.1 Å². The Bertz CT molecular complexity index is 535. The molecule has 2 rings (SSSR count). The van der Waals surface area contributed by atoms with Gasteiger partial charge in [0.25, 0.3) is 0 Å². The number of oxime groups is 1. The van der Waals surface area contributed by atoms with Crippen LogP contribution in [0.2, 0.25) is 0 Å². The van der Waals surface area contributed by atoms with Gasteiger partial charge < -0.3 is 15.1 Å². The van der Waals surface area contributed by atoms with Crippen LogP contribution in [-0.2, 0) is 4.84 Å². The van der Waals surface area contributed by atoms with Gasteiger partial charge >= 0.3 is 6.03 Å². The maximum atomic E-state index is 12.3. The smallest absolute Gasteiger partial charge is 0.317 e. The molecule has 0 aliphatic carbocycles. The van der Waals surface area contributed by atoms with Gasteiger partial charge in [0, 0.05) is 18.5 Å². The zero-order chi connectivity index (χ0) is 16.2. The van der Waals surface area contributed by atoms with E-state index < -0.39 is 0 Å². The molecule has 1 aliphatic rings. The van der Waals surface area contributed by atoms with Crippen molar-refractivity contribution in [1.29, 1.82) is 0 Å². The van der Waals surface area contributed by atoms with Crippen LogP contribution in [0.25, 0.3) is 0 Å². The third kappa shape index (κ3) is 4.48. The molecular formula is C17H25N3O2. The fourth-order valence-electron chi connectivity index (χ4n) is 2.33. The Morgan fingerprint density at radius 2 is 2.05 bits per heavy atom. The summed E-state index contributed by atoms with van der Waals surface area (Å²) >= 11 is 0. The minimum atomic E-state index is -0.243. The largest absolute Gasteiger partial charge is 0.390 e. The molecule has 0 fully saturated rings. The molecule has 0 saturated heterocycles. The first-order valence-electron chi connectivity index (χ1n) is 7.74. The molecule has 1 aliphatic heterocycles. The van der Waals surface area contributed by atoms with Crippen LogP contribution in [0.3, 0.4) is 0 Å². The molecule has 5 nitrogen and oxygen atoms in total. The maximum Gasteiger partial charge on any atom is 0.317 e. The minimum Gasteiger partial charge on any atom is -0.390 e. The molecule has 1 aromatic carbocycles. The standard InChI is InChI=1S/C17H25N3O2/c1-5-20(16(21)18-17(2,3)4)12-14-11-15(19-22-14)13-9-7-6-8-10-13/h6-10,14H,5,11-12H2,1-4H3,(H,18,21). The van der Waals surface area contributed by atoms with Gasteiger partial charge in [-0.3, -0.25) is 0 Å². The van der Waals surface area contributed by atoms with E-state index in [2.05, 4.69) is 10.5 Å². The summed E-state index contributed by atoms with van der Waals surface area (Å²) in [6, 6.07) is 9.93. The lowest BCUT2D eigenvalue weighted by atomic mass is 10.0. The Kier molecular flexibility index (Phi) is 5.06. The molecule has 0 saturated carbocycles. The molecular weight excluding hydrogens is 278 g/mol. The predicted molar refractivity (Wildman–Crippen MR) is 88.0 cm³/mol. The van der Waals surface area contributed by atoms with Crippen molar-refractivity contribution in [1.82, 2.24) is 10.2 Å². The van der Waals surface area contributed by atoms with Crippen molar-refractivity contribution in [3.63, 3.8) is 0 Å². The van der Waals surface area contributed by atoms with E-state index in [0.717, 1.165) is 17.7 Å². The highest BCUT2D eigenvalue weighted by molar-refractivity contribution is 6.01. The molecule has 120 valence electrons. The average Bonchev–Trinajstić information content (AvgIpc) is 2.92. The number of hydrogen-bond donors (Lipinski definition) is 1. The number of hydrogen-bond acceptors (Lipinski definition) is 3. The highest BCUT2D eigenvalue weighted by atomic mass is 16.6. The Labute approximate surface area is 132 Å². The molecule has 1 atom stereocenters. The lowest BCUT2D eigenvalue weighted by Crippen LogP contribution is -2.50. The fourth-order valence-corrected chi connectivity index (χ4v) is 2.33. The molecule has 1 aromatic rings. The first-order chi connectivity index (χ1) is 10.4.